The molecule has 1 aliphatic rings. The van der Waals surface area contributed by atoms with Crippen LogP contribution in [0.15, 0.2) is 24.3 Å². The van der Waals surface area contributed by atoms with E-state index in [4.69, 9.17) is 11.6 Å². The van der Waals surface area contributed by atoms with Gasteiger partial charge in [-0.3, -0.25) is 9.59 Å². The van der Waals surface area contributed by atoms with Gasteiger partial charge in [-0.2, -0.15) is 0 Å². The van der Waals surface area contributed by atoms with E-state index in [0.29, 0.717) is 46.7 Å². The normalized spacial score (nSPS) is 15.2. The van der Waals surface area contributed by atoms with Crippen molar-refractivity contribution in [1.82, 2.24) is 19.8 Å². The molecule has 0 bridgehead atoms. The average molecular weight is 379 g/mol. The first-order valence-corrected chi connectivity index (χ1v) is 9.31. The summed E-state index contributed by atoms with van der Waals surface area (Å²) in [6.07, 6.45) is 1.74. The lowest BCUT2D eigenvalue weighted by Crippen LogP contribution is -2.41. The number of nitrogens with one attached hydrogen (secondary N) is 1. The Bertz CT molecular complexity index is 772. The van der Waals surface area contributed by atoms with Gasteiger partial charge in [0.05, 0.1) is 5.69 Å². The predicted octanol–water partition coefficient (Wildman–Crippen LogP) is 2.78. The maximum Gasteiger partial charge on any atom is 0.267 e. The molecule has 0 atom stereocenters. The van der Waals surface area contributed by atoms with Crippen LogP contribution < -0.4 is 5.32 Å². The average Bonchev–Trinajstić information content (AvgIpc) is 3.05. The quantitative estimate of drug-likeness (QED) is 0.887. The Morgan fingerprint density at radius 3 is 2.76 bits per heavy atom. The number of benzene rings is 1. The van der Waals surface area contributed by atoms with Crippen molar-refractivity contribution in [1.29, 1.82) is 0 Å². The molecule has 6 nitrogen and oxygen atoms in total. The summed E-state index contributed by atoms with van der Waals surface area (Å²) in [5.41, 5.74) is 1.25. The first kappa shape index (κ1) is 17.8. The summed E-state index contributed by atoms with van der Waals surface area (Å²) in [6.45, 7) is 3.78. The van der Waals surface area contributed by atoms with Crippen LogP contribution in [0, 0.1) is 12.8 Å². The lowest BCUT2D eigenvalue weighted by Gasteiger charge is -2.31. The minimum atomic E-state index is -0.118. The van der Waals surface area contributed by atoms with Gasteiger partial charge in [-0.1, -0.05) is 22.2 Å². The molecular formula is C17H19ClN4O2S. The maximum absolute atomic E-state index is 12.4. The van der Waals surface area contributed by atoms with Crippen LogP contribution in [0.4, 0.5) is 0 Å². The van der Waals surface area contributed by atoms with Crippen LogP contribution in [0.3, 0.4) is 0 Å². The second-order valence-electron chi connectivity index (χ2n) is 6.14. The van der Waals surface area contributed by atoms with Gasteiger partial charge in [0.2, 0.25) is 0 Å². The van der Waals surface area contributed by atoms with Crippen molar-refractivity contribution in [2.45, 2.75) is 19.8 Å². The first-order valence-electron chi connectivity index (χ1n) is 8.16. The number of likely N-dealkylation sites (tertiary alicyclic amines) is 1. The van der Waals surface area contributed by atoms with Crippen LogP contribution in [0.25, 0.3) is 0 Å². The number of nitrogens with zero attached hydrogens (tertiary/aromatic N) is 3. The largest absolute Gasteiger partial charge is 0.352 e. The summed E-state index contributed by atoms with van der Waals surface area (Å²) < 4.78 is 3.82. The molecule has 1 fully saturated rings. The minimum absolute atomic E-state index is 0.00825. The highest BCUT2D eigenvalue weighted by Gasteiger charge is 2.26. The van der Waals surface area contributed by atoms with E-state index in [1.165, 1.54) is 0 Å². The maximum atomic E-state index is 12.4. The summed E-state index contributed by atoms with van der Waals surface area (Å²) in [6, 6.07) is 6.90. The van der Waals surface area contributed by atoms with Crippen LogP contribution in [0.2, 0.25) is 5.02 Å². The van der Waals surface area contributed by atoms with Gasteiger partial charge in [0.1, 0.15) is 4.88 Å². The smallest absolute Gasteiger partial charge is 0.267 e. The van der Waals surface area contributed by atoms with Crippen LogP contribution in [-0.4, -0.2) is 45.9 Å². The molecule has 1 N–H and O–H groups in total. The summed E-state index contributed by atoms with van der Waals surface area (Å²) in [5.74, 6) is 0.258. The SMILES string of the molecule is Cc1nnsc1C(=O)N1CCC(CNC(=O)c2cccc(Cl)c2)CC1. The second-order valence-corrected chi connectivity index (χ2v) is 7.33. The molecule has 8 heteroatoms. The molecule has 2 heterocycles. The van der Waals surface area contributed by atoms with Crippen molar-refractivity contribution < 1.29 is 9.59 Å². The van der Waals surface area contributed by atoms with E-state index < -0.39 is 0 Å². The molecule has 132 valence electrons. The zero-order valence-electron chi connectivity index (χ0n) is 13.9. The molecule has 2 aromatic rings. The Morgan fingerprint density at radius 1 is 1.36 bits per heavy atom. The summed E-state index contributed by atoms with van der Waals surface area (Å²) in [5, 5.41) is 7.40. The number of amides is 2. The van der Waals surface area contributed by atoms with Crippen molar-refractivity contribution in [2.24, 2.45) is 5.92 Å². The number of halogens is 1. The first-order chi connectivity index (χ1) is 12.0. The van der Waals surface area contributed by atoms with Crippen LogP contribution >= 0.6 is 23.1 Å². The number of carbonyl (C=O) groups excluding carboxylic acids is 2. The molecule has 0 spiro atoms. The van der Waals surface area contributed by atoms with Gasteiger partial charge >= 0.3 is 0 Å². The van der Waals surface area contributed by atoms with Crippen molar-refractivity contribution in [3.63, 3.8) is 0 Å². The van der Waals surface area contributed by atoms with Crippen molar-refractivity contribution in [3.8, 4) is 0 Å². The summed E-state index contributed by atoms with van der Waals surface area (Å²) >= 11 is 7.06. The highest BCUT2D eigenvalue weighted by atomic mass is 35.5. The van der Waals surface area contributed by atoms with E-state index in [0.717, 1.165) is 24.4 Å². The Labute approximate surface area is 155 Å². The minimum Gasteiger partial charge on any atom is -0.352 e. The van der Waals surface area contributed by atoms with Crippen LogP contribution in [-0.2, 0) is 0 Å². The summed E-state index contributed by atoms with van der Waals surface area (Å²) in [7, 11) is 0. The molecule has 0 radical (unpaired) electrons. The fourth-order valence-corrected chi connectivity index (χ4v) is 3.70. The molecule has 1 aliphatic heterocycles. The molecule has 0 aliphatic carbocycles. The van der Waals surface area contributed by atoms with E-state index in [9.17, 15) is 9.59 Å². The van der Waals surface area contributed by atoms with Crippen molar-refractivity contribution >= 4 is 34.9 Å². The van der Waals surface area contributed by atoms with Crippen LogP contribution in [0.1, 0.15) is 38.6 Å². The lowest BCUT2D eigenvalue weighted by molar-refractivity contribution is 0.0688. The fraction of sp³-hybridized carbons (Fsp3) is 0.412. The zero-order chi connectivity index (χ0) is 17.8. The van der Waals surface area contributed by atoms with Gasteiger partial charge in [-0.25, -0.2) is 0 Å². The third-order valence-corrected chi connectivity index (χ3v) is 5.44. The molecule has 1 saturated heterocycles. The van der Waals surface area contributed by atoms with Crippen molar-refractivity contribution in [2.75, 3.05) is 19.6 Å². The van der Waals surface area contributed by atoms with Crippen LogP contribution in [0.5, 0.6) is 0 Å². The molecule has 25 heavy (non-hydrogen) atoms. The highest BCUT2D eigenvalue weighted by Crippen LogP contribution is 2.21. The number of carbonyl (C=O) groups is 2. The van der Waals surface area contributed by atoms with E-state index in [2.05, 4.69) is 14.9 Å². The number of aryl methyl sites for hydroxylation is 1. The van der Waals surface area contributed by atoms with Gasteiger partial charge in [0, 0.05) is 30.2 Å². The summed E-state index contributed by atoms with van der Waals surface area (Å²) in [4.78, 5) is 27.1. The number of piperidine rings is 1. The van der Waals surface area contributed by atoms with Crippen molar-refractivity contribution in [3.05, 3.63) is 45.4 Å². The van der Waals surface area contributed by atoms with E-state index >= 15 is 0 Å². The van der Waals surface area contributed by atoms with E-state index in [1.807, 2.05) is 4.90 Å². The molecule has 0 saturated carbocycles. The third kappa shape index (κ3) is 4.35. The predicted molar refractivity (Wildman–Crippen MR) is 97.1 cm³/mol. The number of rotatable bonds is 4. The molecular weight excluding hydrogens is 360 g/mol. The van der Waals surface area contributed by atoms with Gasteiger partial charge in [0.25, 0.3) is 11.8 Å². The zero-order valence-corrected chi connectivity index (χ0v) is 15.4. The standard InChI is InChI=1S/C17H19ClN4O2S/c1-11-15(25-21-20-11)17(24)22-7-5-12(6-8-22)10-19-16(23)13-3-2-4-14(18)9-13/h2-4,9,12H,5-8,10H2,1H3,(H,19,23). The third-order valence-electron chi connectivity index (χ3n) is 4.39. The van der Waals surface area contributed by atoms with E-state index in [-0.39, 0.29) is 11.8 Å². The van der Waals surface area contributed by atoms with Gasteiger partial charge in [0.15, 0.2) is 0 Å². The fourth-order valence-electron chi connectivity index (χ4n) is 2.88. The lowest BCUT2D eigenvalue weighted by atomic mass is 9.96. The Kier molecular flexibility index (Phi) is 5.65. The van der Waals surface area contributed by atoms with Gasteiger partial charge in [-0.15, -0.1) is 5.10 Å². The second kappa shape index (κ2) is 7.93. The highest BCUT2D eigenvalue weighted by molar-refractivity contribution is 7.07. The Morgan fingerprint density at radius 2 is 2.12 bits per heavy atom. The molecule has 0 unspecified atom stereocenters. The number of hydrogen-bond donors (Lipinski definition) is 1. The molecule has 2 amide bonds. The monoisotopic (exact) mass is 378 g/mol. The number of aromatic nitrogens is 2. The molecule has 1 aromatic carbocycles. The molecule has 1 aromatic heterocycles. The molecule has 3 rings (SSSR count). The Balaban J connectivity index is 1.47. The number of hydrogen-bond acceptors (Lipinski definition) is 5. The Hall–Kier alpha value is -1.99. The van der Waals surface area contributed by atoms with Gasteiger partial charge in [-0.05, 0) is 55.4 Å². The van der Waals surface area contributed by atoms with E-state index in [1.54, 1.807) is 31.2 Å². The van der Waals surface area contributed by atoms with Gasteiger partial charge < -0.3 is 10.2 Å². The topological polar surface area (TPSA) is 75.2 Å².